The van der Waals surface area contributed by atoms with Crippen molar-refractivity contribution in [3.05, 3.63) is 46.3 Å². The zero-order valence-electron chi connectivity index (χ0n) is 18.5. The molecule has 5 heteroatoms. The number of carbonyl (C=O) groups is 1. The van der Waals surface area contributed by atoms with E-state index in [1.807, 2.05) is 33.9 Å². The molecule has 2 N–H and O–H groups in total. The second-order valence-electron chi connectivity index (χ2n) is 8.03. The van der Waals surface area contributed by atoms with Gasteiger partial charge in [-0.15, -0.1) is 0 Å². The van der Waals surface area contributed by atoms with E-state index in [4.69, 9.17) is 4.98 Å². The molecular weight excluding hydrogens is 362 g/mol. The van der Waals surface area contributed by atoms with Crippen molar-refractivity contribution in [2.75, 3.05) is 5.32 Å². The first-order chi connectivity index (χ1) is 13.7. The number of fused-ring (bicyclic) bond motifs is 1. The van der Waals surface area contributed by atoms with Crippen LogP contribution in [0, 0.1) is 27.7 Å². The molecule has 0 spiro atoms. The maximum atomic E-state index is 12.3. The Bertz CT molecular complexity index is 1070. The summed E-state index contributed by atoms with van der Waals surface area (Å²) in [6, 6.07) is 6.55. The minimum absolute atomic E-state index is 0.278. The number of carboxylic acid groups (broad SMARTS) is 1. The SMILES string of the molecule is CCC(CC)Nc1cc(C)nc2c(-c3c(C)cc(C)cc3C)c(C(=O)O)n(C)c12. The first kappa shape index (κ1) is 20.9. The van der Waals surface area contributed by atoms with Crippen molar-refractivity contribution in [2.24, 2.45) is 7.05 Å². The number of aromatic carboxylic acids is 1. The van der Waals surface area contributed by atoms with Crippen LogP contribution >= 0.6 is 0 Å². The number of benzene rings is 1. The van der Waals surface area contributed by atoms with Crippen molar-refractivity contribution < 1.29 is 9.90 Å². The Morgan fingerprint density at radius 1 is 1.07 bits per heavy atom. The Morgan fingerprint density at radius 2 is 1.66 bits per heavy atom. The molecule has 154 valence electrons. The number of nitrogens with one attached hydrogen (secondary N) is 1. The number of rotatable bonds is 6. The van der Waals surface area contributed by atoms with E-state index < -0.39 is 5.97 Å². The number of hydrogen-bond donors (Lipinski definition) is 2. The number of carboxylic acids is 1. The topological polar surface area (TPSA) is 67.2 Å². The van der Waals surface area contributed by atoms with Gasteiger partial charge in [0.1, 0.15) is 5.69 Å². The fraction of sp³-hybridized carbons (Fsp3) is 0.417. The van der Waals surface area contributed by atoms with Crippen molar-refractivity contribution in [3.8, 4) is 11.1 Å². The van der Waals surface area contributed by atoms with Gasteiger partial charge in [-0.25, -0.2) is 4.79 Å². The van der Waals surface area contributed by atoms with E-state index in [2.05, 4.69) is 38.2 Å². The van der Waals surface area contributed by atoms with E-state index in [1.54, 1.807) is 4.57 Å². The molecule has 0 fully saturated rings. The van der Waals surface area contributed by atoms with Crippen LogP contribution in [0.3, 0.4) is 0 Å². The predicted molar refractivity (Wildman–Crippen MR) is 120 cm³/mol. The highest BCUT2D eigenvalue weighted by atomic mass is 16.4. The van der Waals surface area contributed by atoms with E-state index in [0.29, 0.717) is 11.6 Å². The van der Waals surface area contributed by atoms with Crippen LogP contribution < -0.4 is 5.32 Å². The Balaban J connectivity index is 2.44. The summed E-state index contributed by atoms with van der Waals surface area (Å²) < 4.78 is 1.78. The predicted octanol–water partition coefficient (Wildman–Crippen LogP) is 5.77. The van der Waals surface area contributed by atoms with Crippen molar-refractivity contribution in [2.45, 2.75) is 60.4 Å². The number of hydrogen-bond acceptors (Lipinski definition) is 3. The highest BCUT2D eigenvalue weighted by Crippen LogP contribution is 2.40. The number of aryl methyl sites for hydroxylation is 5. The second-order valence-corrected chi connectivity index (χ2v) is 8.03. The van der Waals surface area contributed by atoms with E-state index in [0.717, 1.165) is 51.9 Å². The summed E-state index contributed by atoms with van der Waals surface area (Å²) in [7, 11) is 1.82. The van der Waals surface area contributed by atoms with E-state index in [1.165, 1.54) is 5.56 Å². The number of pyridine rings is 1. The van der Waals surface area contributed by atoms with Gasteiger partial charge in [-0.2, -0.15) is 0 Å². The smallest absolute Gasteiger partial charge is 0.353 e. The van der Waals surface area contributed by atoms with Gasteiger partial charge in [0.25, 0.3) is 0 Å². The van der Waals surface area contributed by atoms with Crippen LogP contribution in [-0.2, 0) is 7.05 Å². The van der Waals surface area contributed by atoms with Gasteiger partial charge in [0.05, 0.1) is 16.7 Å². The Morgan fingerprint density at radius 3 is 2.17 bits per heavy atom. The van der Waals surface area contributed by atoms with Gasteiger partial charge in [-0.1, -0.05) is 31.5 Å². The van der Waals surface area contributed by atoms with E-state index >= 15 is 0 Å². The molecule has 29 heavy (non-hydrogen) atoms. The highest BCUT2D eigenvalue weighted by molar-refractivity contribution is 6.10. The Hall–Kier alpha value is -2.82. The molecule has 1 aromatic carbocycles. The lowest BCUT2D eigenvalue weighted by Gasteiger charge is -2.18. The summed E-state index contributed by atoms with van der Waals surface area (Å²) in [4.78, 5) is 17.2. The molecule has 0 unspecified atom stereocenters. The molecule has 0 aliphatic carbocycles. The van der Waals surface area contributed by atoms with Gasteiger partial charge < -0.3 is 15.0 Å². The molecule has 0 saturated carbocycles. The standard InChI is InChI=1S/C24H31N3O2/c1-8-17(9-2)26-18-12-16(6)25-21-20(23(24(28)29)27(7)22(18)21)19-14(4)10-13(3)11-15(19)5/h10-12,17H,8-9H2,1-7H3,(H,25,26)(H,28,29). The molecule has 3 aromatic rings. The molecule has 2 heterocycles. The van der Waals surface area contributed by atoms with Crippen LogP contribution in [0.5, 0.6) is 0 Å². The molecule has 0 atom stereocenters. The zero-order chi connectivity index (χ0) is 21.5. The first-order valence-corrected chi connectivity index (χ1v) is 10.3. The van der Waals surface area contributed by atoms with Crippen LogP contribution in [0.1, 0.15) is 59.6 Å². The highest BCUT2D eigenvalue weighted by Gasteiger charge is 2.27. The van der Waals surface area contributed by atoms with Crippen molar-refractivity contribution in [3.63, 3.8) is 0 Å². The van der Waals surface area contributed by atoms with Gasteiger partial charge in [-0.05, 0) is 63.3 Å². The largest absolute Gasteiger partial charge is 0.477 e. The summed E-state index contributed by atoms with van der Waals surface area (Å²) in [5, 5.41) is 13.7. The molecule has 0 aliphatic rings. The lowest BCUT2D eigenvalue weighted by molar-refractivity contribution is 0.0688. The first-order valence-electron chi connectivity index (χ1n) is 10.3. The minimum Gasteiger partial charge on any atom is -0.477 e. The lowest BCUT2D eigenvalue weighted by Crippen LogP contribution is -2.18. The molecule has 0 saturated heterocycles. The number of anilines is 1. The number of nitrogens with zero attached hydrogens (tertiary/aromatic N) is 2. The molecule has 0 bridgehead atoms. The van der Waals surface area contributed by atoms with Crippen molar-refractivity contribution >= 4 is 22.7 Å². The quantitative estimate of drug-likeness (QED) is 0.558. The molecule has 0 radical (unpaired) electrons. The fourth-order valence-corrected chi connectivity index (χ4v) is 4.46. The van der Waals surface area contributed by atoms with Crippen molar-refractivity contribution in [1.82, 2.24) is 9.55 Å². The van der Waals surface area contributed by atoms with Gasteiger partial charge in [-0.3, -0.25) is 4.98 Å². The molecule has 5 nitrogen and oxygen atoms in total. The Labute approximate surface area is 172 Å². The van der Waals surface area contributed by atoms with Crippen LogP contribution in [0.4, 0.5) is 5.69 Å². The Kier molecular flexibility index (Phi) is 5.69. The van der Waals surface area contributed by atoms with Crippen LogP contribution in [0.15, 0.2) is 18.2 Å². The van der Waals surface area contributed by atoms with E-state index in [-0.39, 0.29) is 5.69 Å². The second kappa shape index (κ2) is 7.90. The maximum Gasteiger partial charge on any atom is 0.353 e. The molecular formula is C24H31N3O2. The monoisotopic (exact) mass is 393 g/mol. The minimum atomic E-state index is -0.939. The van der Waals surface area contributed by atoms with Crippen LogP contribution in [0.25, 0.3) is 22.2 Å². The third-order valence-electron chi connectivity index (χ3n) is 5.74. The third-order valence-corrected chi connectivity index (χ3v) is 5.74. The van der Waals surface area contributed by atoms with Gasteiger partial charge >= 0.3 is 5.97 Å². The average molecular weight is 394 g/mol. The number of aromatic nitrogens is 2. The fourth-order valence-electron chi connectivity index (χ4n) is 4.46. The van der Waals surface area contributed by atoms with Crippen molar-refractivity contribution in [1.29, 1.82) is 0 Å². The average Bonchev–Trinajstić information content (AvgIpc) is 2.91. The van der Waals surface area contributed by atoms with Gasteiger partial charge in [0.15, 0.2) is 0 Å². The summed E-state index contributed by atoms with van der Waals surface area (Å²) in [5.74, 6) is -0.939. The molecule has 2 aromatic heterocycles. The normalized spacial score (nSPS) is 11.4. The summed E-state index contributed by atoms with van der Waals surface area (Å²) in [6.45, 7) is 12.4. The molecule has 3 rings (SSSR count). The lowest BCUT2D eigenvalue weighted by atomic mass is 9.93. The van der Waals surface area contributed by atoms with Gasteiger partial charge in [0.2, 0.25) is 0 Å². The summed E-state index contributed by atoms with van der Waals surface area (Å²) >= 11 is 0. The molecule has 0 amide bonds. The zero-order valence-corrected chi connectivity index (χ0v) is 18.5. The third kappa shape index (κ3) is 3.61. The summed E-state index contributed by atoms with van der Waals surface area (Å²) in [6.07, 6.45) is 2.00. The maximum absolute atomic E-state index is 12.3. The van der Waals surface area contributed by atoms with Crippen LogP contribution in [-0.4, -0.2) is 26.7 Å². The van der Waals surface area contributed by atoms with Gasteiger partial charge in [0, 0.05) is 24.3 Å². The van der Waals surface area contributed by atoms with Crippen LogP contribution in [0.2, 0.25) is 0 Å². The van der Waals surface area contributed by atoms with E-state index in [9.17, 15) is 9.90 Å². The molecule has 0 aliphatic heterocycles. The summed E-state index contributed by atoms with van der Waals surface area (Å²) in [5.41, 5.74) is 8.65.